The minimum Gasteiger partial charge on any atom is -0.507 e. The second-order valence-corrected chi connectivity index (χ2v) is 6.06. The van der Waals surface area contributed by atoms with E-state index in [9.17, 15) is 33.3 Å². The molecule has 0 aromatic heterocycles. The smallest absolute Gasteiger partial charge is 0.419 e. The molecule has 2 aromatic rings. The lowest BCUT2D eigenvalue weighted by molar-refractivity contribution is -0.138. The number of benzene rings is 2. The number of carbonyl (C=O) groups is 1. The van der Waals surface area contributed by atoms with Crippen LogP contribution in [0.3, 0.4) is 0 Å². The number of ether oxygens (including phenoxy) is 1. The summed E-state index contributed by atoms with van der Waals surface area (Å²) >= 11 is 0. The summed E-state index contributed by atoms with van der Waals surface area (Å²) in [5.41, 5.74) is -0.718. The highest BCUT2D eigenvalue weighted by atomic mass is 19.4. The van der Waals surface area contributed by atoms with E-state index in [0.29, 0.717) is 6.07 Å². The van der Waals surface area contributed by atoms with E-state index in [1.165, 1.54) is 0 Å². The zero-order chi connectivity index (χ0) is 20.7. The lowest BCUT2D eigenvalue weighted by atomic mass is 9.99. The predicted molar refractivity (Wildman–Crippen MR) is 93.3 cm³/mol. The van der Waals surface area contributed by atoms with Crippen molar-refractivity contribution in [1.29, 1.82) is 0 Å². The first-order valence-corrected chi connectivity index (χ1v) is 8.39. The number of halogens is 3. The lowest BCUT2D eigenvalue weighted by Gasteiger charge is -2.20. The number of hydrogen-bond acceptors (Lipinski definition) is 5. The number of phenols is 1. The minimum atomic E-state index is -4.80. The third kappa shape index (κ3) is 6.14. The first kappa shape index (κ1) is 21.5. The van der Waals surface area contributed by atoms with Crippen molar-refractivity contribution < 1.29 is 38.0 Å². The molecule has 4 N–H and O–H groups in total. The Bertz CT molecular complexity index is 783. The summed E-state index contributed by atoms with van der Waals surface area (Å²) in [6.45, 7) is 0.00163. The maximum Gasteiger partial charge on any atom is 0.419 e. The van der Waals surface area contributed by atoms with E-state index in [-0.39, 0.29) is 25.1 Å². The molecular formula is C19H20F3NO5. The molecule has 152 valence electrons. The van der Waals surface area contributed by atoms with Crippen LogP contribution in [0.1, 0.15) is 29.2 Å². The molecule has 0 saturated heterocycles. The third-order valence-electron chi connectivity index (χ3n) is 3.95. The van der Waals surface area contributed by atoms with Crippen LogP contribution in [0.5, 0.6) is 5.75 Å². The summed E-state index contributed by atoms with van der Waals surface area (Å²) in [7, 11) is 0. The van der Waals surface area contributed by atoms with Crippen LogP contribution in [-0.4, -0.2) is 34.1 Å². The SMILES string of the molecule is O=C(NCCC(O)C(O)c1ccc(O)c(C(F)(F)F)c1)OCc1ccccc1. The van der Waals surface area contributed by atoms with Crippen LogP contribution in [-0.2, 0) is 17.5 Å². The van der Waals surface area contributed by atoms with E-state index in [0.717, 1.165) is 17.7 Å². The maximum absolute atomic E-state index is 12.8. The number of nitrogens with one attached hydrogen (secondary N) is 1. The fraction of sp³-hybridized carbons (Fsp3) is 0.316. The second-order valence-electron chi connectivity index (χ2n) is 6.06. The first-order valence-electron chi connectivity index (χ1n) is 8.39. The maximum atomic E-state index is 12.8. The van der Waals surface area contributed by atoms with Gasteiger partial charge in [0.15, 0.2) is 0 Å². The Kier molecular flexibility index (Phi) is 7.24. The normalized spacial score (nSPS) is 13.6. The Labute approximate surface area is 159 Å². The molecule has 0 saturated carbocycles. The fourth-order valence-corrected chi connectivity index (χ4v) is 2.44. The largest absolute Gasteiger partial charge is 0.507 e. The highest BCUT2D eigenvalue weighted by Crippen LogP contribution is 2.37. The first-order chi connectivity index (χ1) is 13.2. The number of rotatable bonds is 7. The molecule has 0 heterocycles. The van der Waals surface area contributed by atoms with Crippen LogP contribution in [0.2, 0.25) is 0 Å². The van der Waals surface area contributed by atoms with Crippen molar-refractivity contribution in [1.82, 2.24) is 5.32 Å². The quantitative estimate of drug-likeness (QED) is 0.573. The van der Waals surface area contributed by atoms with Gasteiger partial charge < -0.3 is 25.4 Å². The standard InChI is InChI=1S/C19H20F3NO5/c20-19(21,22)14-10-13(6-7-15(14)24)17(26)16(25)8-9-23-18(27)28-11-12-4-2-1-3-5-12/h1-7,10,16-17,24-26H,8-9,11H2,(H,23,27). The topological polar surface area (TPSA) is 99.0 Å². The number of carbonyl (C=O) groups excluding carboxylic acids is 1. The second kappa shape index (κ2) is 9.43. The number of phenolic OH excluding ortho intramolecular Hbond substituents is 1. The van der Waals surface area contributed by atoms with Gasteiger partial charge in [-0.25, -0.2) is 4.79 Å². The van der Waals surface area contributed by atoms with Crippen LogP contribution in [0.15, 0.2) is 48.5 Å². The van der Waals surface area contributed by atoms with Gasteiger partial charge in [-0.3, -0.25) is 0 Å². The van der Waals surface area contributed by atoms with Crippen LogP contribution >= 0.6 is 0 Å². The number of aliphatic hydroxyl groups is 2. The number of hydrogen-bond donors (Lipinski definition) is 4. The Morgan fingerprint density at radius 2 is 1.79 bits per heavy atom. The average molecular weight is 399 g/mol. The van der Waals surface area contributed by atoms with Gasteiger partial charge in [0.1, 0.15) is 18.5 Å². The molecule has 0 aliphatic heterocycles. The van der Waals surface area contributed by atoms with Gasteiger partial charge in [0.05, 0.1) is 11.7 Å². The van der Waals surface area contributed by atoms with Crippen molar-refractivity contribution in [3.63, 3.8) is 0 Å². The van der Waals surface area contributed by atoms with Gasteiger partial charge in [-0.2, -0.15) is 13.2 Å². The Hall–Kier alpha value is -2.78. The van der Waals surface area contributed by atoms with Gasteiger partial charge in [-0.1, -0.05) is 36.4 Å². The van der Waals surface area contributed by atoms with E-state index in [1.54, 1.807) is 24.3 Å². The zero-order valence-corrected chi connectivity index (χ0v) is 14.7. The Balaban J connectivity index is 1.82. The molecule has 0 radical (unpaired) electrons. The number of aliphatic hydroxyl groups excluding tert-OH is 2. The summed E-state index contributed by atoms with van der Waals surface area (Å²) in [5.74, 6) is -0.972. The van der Waals surface area contributed by atoms with Gasteiger partial charge >= 0.3 is 12.3 Å². The molecule has 0 aliphatic rings. The molecule has 0 spiro atoms. The summed E-state index contributed by atoms with van der Waals surface area (Å²) in [6, 6.07) is 11.4. The van der Waals surface area contributed by atoms with Crippen molar-refractivity contribution in [2.24, 2.45) is 0 Å². The van der Waals surface area contributed by atoms with Gasteiger partial charge in [0.2, 0.25) is 0 Å². The van der Waals surface area contributed by atoms with E-state index in [2.05, 4.69) is 5.32 Å². The summed E-state index contributed by atoms with van der Waals surface area (Å²) in [4.78, 5) is 11.6. The van der Waals surface area contributed by atoms with Gasteiger partial charge in [-0.15, -0.1) is 0 Å². The fourth-order valence-electron chi connectivity index (χ4n) is 2.44. The lowest BCUT2D eigenvalue weighted by Crippen LogP contribution is -2.29. The zero-order valence-electron chi connectivity index (χ0n) is 14.7. The van der Waals surface area contributed by atoms with Crippen LogP contribution in [0, 0.1) is 0 Å². The molecule has 2 unspecified atom stereocenters. The molecule has 28 heavy (non-hydrogen) atoms. The van der Waals surface area contributed by atoms with Crippen molar-refractivity contribution in [3.05, 3.63) is 65.2 Å². The highest BCUT2D eigenvalue weighted by Gasteiger charge is 2.35. The molecule has 0 fully saturated rings. The van der Waals surface area contributed by atoms with E-state index >= 15 is 0 Å². The van der Waals surface area contributed by atoms with Gasteiger partial charge in [0, 0.05) is 6.54 Å². The molecule has 1 amide bonds. The molecular weight excluding hydrogens is 379 g/mol. The Morgan fingerprint density at radius 3 is 2.43 bits per heavy atom. The van der Waals surface area contributed by atoms with E-state index in [1.807, 2.05) is 6.07 Å². The van der Waals surface area contributed by atoms with Crippen molar-refractivity contribution >= 4 is 6.09 Å². The minimum absolute atomic E-state index is 0.0595. The third-order valence-corrected chi connectivity index (χ3v) is 3.95. The molecule has 0 aliphatic carbocycles. The Morgan fingerprint density at radius 1 is 1.11 bits per heavy atom. The van der Waals surface area contributed by atoms with E-state index < -0.39 is 35.8 Å². The van der Waals surface area contributed by atoms with Crippen LogP contribution < -0.4 is 5.32 Å². The number of alkyl halides is 3. The molecule has 2 rings (SSSR count). The number of alkyl carbamates (subject to hydrolysis) is 1. The average Bonchev–Trinajstić information content (AvgIpc) is 2.66. The number of amides is 1. The molecule has 9 heteroatoms. The van der Waals surface area contributed by atoms with Crippen molar-refractivity contribution in [2.75, 3.05) is 6.54 Å². The molecule has 6 nitrogen and oxygen atoms in total. The molecule has 2 aromatic carbocycles. The van der Waals surface area contributed by atoms with Crippen LogP contribution in [0.25, 0.3) is 0 Å². The summed E-state index contributed by atoms with van der Waals surface area (Å²) < 4.78 is 43.4. The number of aromatic hydroxyl groups is 1. The van der Waals surface area contributed by atoms with Crippen LogP contribution in [0.4, 0.5) is 18.0 Å². The van der Waals surface area contributed by atoms with Crippen molar-refractivity contribution in [3.8, 4) is 5.75 Å². The predicted octanol–water partition coefficient (Wildman–Crippen LogP) is 3.12. The van der Waals surface area contributed by atoms with E-state index in [4.69, 9.17) is 4.74 Å². The highest BCUT2D eigenvalue weighted by molar-refractivity contribution is 5.67. The van der Waals surface area contributed by atoms with Gasteiger partial charge in [0.25, 0.3) is 0 Å². The molecule has 2 atom stereocenters. The molecule has 0 bridgehead atoms. The van der Waals surface area contributed by atoms with Gasteiger partial charge in [-0.05, 0) is 29.7 Å². The summed E-state index contributed by atoms with van der Waals surface area (Å²) in [5, 5.41) is 31.7. The monoisotopic (exact) mass is 399 g/mol. The summed E-state index contributed by atoms with van der Waals surface area (Å²) in [6.07, 6.45) is -8.70. The van der Waals surface area contributed by atoms with Crippen molar-refractivity contribution in [2.45, 2.75) is 31.4 Å².